The van der Waals surface area contributed by atoms with Gasteiger partial charge in [0.2, 0.25) is 0 Å². The summed E-state index contributed by atoms with van der Waals surface area (Å²) in [4.78, 5) is 11.5. The van der Waals surface area contributed by atoms with Gasteiger partial charge in [-0.1, -0.05) is 27.7 Å². The van der Waals surface area contributed by atoms with Gasteiger partial charge in [-0.3, -0.25) is 0 Å². The first-order chi connectivity index (χ1) is 10.2. The Balaban J connectivity index is 2.12. The molecule has 21 heavy (non-hydrogen) atoms. The van der Waals surface area contributed by atoms with E-state index in [1.807, 2.05) is 0 Å². The van der Waals surface area contributed by atoms with Crippen molar-refractivity contribution >= 4 is 11.6 Å². The zero-order valence-corrected chi connectivity index (χ0v) is 14.0. The van der Waals surface area contributed by atoms with E-state index in [2.05, 4.69) is 47.9 Å². The predicted molar refractivity (Wildman–Crippen MR) is 90.0 cm³/mol. The first kappa shape index (κ1) is 16.1. The van der Waals surface area contributed by atoms with Crippen LogP contribution in [0.2, 0.25) is 0 Å². The summed E-state index contributed by atoms with van der Waals surface area (Å²) >= 11 is 0. The molecule has 0 spiro atoms. The van der Waals surface area contributed by atoms with Gasteiger partial charge in [-0.05, 0) is 37.5 Å². The highest BCUT2D eigenvalue weighted by molar-refractivity contribution is 5.59. The third-order valence-corrected chi connectivity index (χ3v) is 4.60. The molecular formula is C17H30N4. The Morgan fingerprint density at radius 1 is 1.24 bits per heavy atom. The zero-order chi connectivity index (χ0) is 15.2. The molecule has 0 aromatic carbocycles. The first-order valence-electron chi connectivity index (χ1n) is 8.50. The van der Waals surface area contributed by atoms with E-state index in [4.69, 9.17) is 0 Å². The standard InChI is InChI=1S/C17H30N4/c1-5-9-18-16-15(6-2)17(20-12-19-16)21-10-7-14(8-11-21)13(3)4/h12-14H,5-11H2,1-4H3,(H,18,19,20). The monoisotopic (exact) mass is 290 g/mol. The number of rotatable bonds is 6. The zero-order valence-electron chi connectivity index (χ0n) is 14.0. The highest BCUT2D eigenvalue weighted by atomic mass is 15.2. The maximum absolute atomic E-state index is 4.59. The van der Waals surface area contributed by atoms with E-state index in [0.717, 1.165) is 55.9 Å². The van der Waals surface area contributed by atoms with Gasteiger partial charge in [0.15, 0.2) is 0 Å². The number of hydrogen-bond acceptors (Lipinski definition) is 4. The maximum Gasteiger partial charge on any atom is 0.137 e. The molecule has 118 valence electrons. The summed E-state index contributed by atoms with van der Waals surface area (Å²) in [7, 11) is 0. The molecule has 1 aliphatic heterocycles. The Labute approximate surface area is 129 Å². The fourth-order valence-electron chi connectivity index (χ4n) is 3.17. The summed E-state index contributed by atoms with van der Waals surface area (Å²) in [6, 6.07) is 0. The van der Waals surface area contributed by atoms with Gasteiger partial charge in [-0.25, -0.2) is 9.97 Å². The van der Waals surface area contributed by atoms with Crippen molar-refractivity contribution in [3.8, 4) is 0 Å². The molecule has 2 heterocycles. The summed E-state index contributed by atoms with van der Waals surface area (Å²) in [5.41, 5.74) is 1.27. The van der Waals surface area contributed by atoms with Crippen LogP contribution in [0.5, 0.6) is 0 Å². The van der Waals surface area contributed by atoms with Crippen molar-refractivity contribution < 1.29 is 0 Å². The van der Waals surface area contributed by atoms with Gasteiger partial charge in [-0.2, -0.15) is 0 Å². The number of piperidine rings is 1. The number of aromatic nitrogens is 2. The van der Waals surface area contributed by atoms with Gasteiger partial charge in [-0.15, -0.1) is 0 Å². The van der Waals surface area contributed by atoms with Crippen molar-refractivity contribution in [1.29, 1.82) is 0 Å². The third-order valence-electron chi connectivity index (χ3n) is 4.60. The van der Waals surface area contributed by atoms with Crippen LogP contribution in [0.4, 0.5) is 11.6 Å². The molecule has 2 rings (SSSR count). The lowest BCUT2D eigenvalue weighted by atomic mass is 9.86. The second-order valence-electron chi connectivity index (χ2n) is 6.37. The van der Waals surface area contributed by atoms with Crippen molar-refractivity contribution in [2.75, 3.05) is 29.9 Å². The van der Waals surface area contributed by atoms with E-state index in [0.29, 0.717) is 0 Å². The SMILES string of the molecule is CCCNc1ncnc(N2CCC(C(C)C)CC2)c1CC. The summed E-state index contributed by atoms with van der Waals surface area (Å²) in [5, 5.41) is 3.44. The lowest BCUT2D eigenvalue weighted by Gasteiger charge is -2.35. The van der Waals surface area contributed by atoms with Gasteiger partial charge in [0, 0.05) is 25.2 Å². The molecule has 0 saturated carbocycles. The fourth-order valence-corrected chi connectivity index (χ4v) is 3.17. The van der Waals surface area contributed by atoms with Crippen LogP contribution >= 0.6 is 0 Å². The van der Waals surface area contributed by atoms with Crippen LogP contribution in [-0.4, -0.2) is 29.6 Å². The van der Waals surface area contributed by atoms with Crippen LogP contribution in [0.3, 0.4) is 0 Å². The Bertz CT molecular complexity index is 436. The van der Waals surface area contributed by atoms with Gasteiger partial charge in [0.25, 0.3) is 0 Å². The van der Waals surface area contributed by atoms with E-state index in [-0.39, 0.29) is 0 Å². The second-order valence-corrected chi connectivity index (χ2v) is 6.37. The van der Waals surface area contributed by atoms with Gasteiger partial charge < -0.3 is 10.2 Å². The molecule has 4 heteroatoms. The highest BCUT2D eigenvalue weighted by Gasteiger charge is 2.24. The molecule has 0 bridgehead atoms. The predicted octanol–water partition coefficient (Wildman–Crippen LogP) is 3.73. The molecule has 1 N–H and O–H groups in total. The van der Waals surface area contributed by atoms with Crippen LogP contribution in [0, 0.1) is 11.8 Å². The Morgan fingerprint density at radius 3 is 2.52 bits per heavy atom. The van der Waals surface area contributed by atoms with Crippen LogP contribution < -0.4 is 10.2 Å². The normalized spacial score (nSPS) is 16.5. The number of nitrogens with one attached hydrogen (secondary N) is 1. The summed E-state index contributed by atoms with van der Waals surface area (Å²) in [5.74, 6) is 3.83. The van der Waals surface area contributed by atoms with Crippen molar-refractivity contribution in [2.24, 2.45) is 11.8 Å². The minimum atomic E-state index is 0.796. The average molecular weight is 290 g/mol. The van der Waals surface area contributed by atoms with Crippen molar-refractivity contribution in [2.45, 2.75) is 53.4 Å². The van der Waals surface area contributed by atoms with E-state index < -0.39 is 0 Å². The fraction of sp³-hybridized carbons (Fsp3) is 0.765. The van der Waals surface area contributed by atoms with Crippen molar-refractivity contribution in [1.82, 2.24) is 9.97 Å². The number of anilines is 2. The smallest absolute Gasteiger partial charge is 0.137 e. The maximum atomic E-state index is 4.59. The first-order valence-corrected chi connectivity index (χ1v) is 8.50. The summed E-state index contributed by atoms with van der Waals surface area (Å²) in [6.45, 7) is 12.3. The number of nitrogens with zero attached hydrogens (tertiary/aromatic N) is 3. The lowest BCUT2D eigenvalue weighted by Crippen LogP contribution is -2.36. The second kappa shape index (κ2) is 7.62. The summed E-state index contributed by atoms with van der Waals surface area (Å²) < 4.78 is 0. The largest absolute Gasteiger partial charge is 0.370 e. The Hall–Kier alpha value is -1.32. The third kappa shape index (κ3) is 3.86. The van der Waals surface area contributed by atoms with E-state index in [9.17, 15) is 0 Å². The molecule has 1 aliphatic rings. The Morgan fingerprint density at radius 2 is 1.95 bits per heavy atom. The topological polar surface area (TPSA) is 41.1 Å². The van der Waals surface area contributed by atoms with E-state index in [1.165, 1.54) is 18.4 Å². The molecule has 0 atom stereocenters. The van der Waals surface area contributed by atoms with Crippen LogP contribution in [0.15, 0.2) is 6.33 Å². The minimum absolute atomic E-state index is 0.796. The molecule has 0 unspecified atom stereocenters. The van der Waals surface area contributed by atoms with Crippen molar-refractivity contribution in [3.63, 3.8) is 0 Å². The molecule has 4 nitrogen and oxygen atoms in total. The molecule has 0 aliphatic carbocycles. The summed E-state index contributed by atoms with van der Waals surface area (Å²) in [6.07, 6.45) is 6.36. The quantitative estimate of drug-likeness (QED) is 0.866. The van der Waals surface area contributed by atoms with Crippen LogP contribution in [-0.2, 0) is 6.42 Å². The Kier molecular flexibility index (Phi) is 5.83. The van der Waals surface area contributed by atoms with Crippen LogP contribution in [0.25, 0.3) is 0 Å². The van der Waals surface area contributed by atoms with Gasteiger partial charge in [0.05, 0.1) is 0 Å². The van der Waals surface area contributed by atoms with Crippen LogP contribution in [0.1, 0.15) is 52.5 Å². The molecule has 1 aromatic rings. The minimum Gasteiger partial charge on any atom is -0.370 e. The van der Waals surface area contributed by atoms with Crippen molar-refractivity contribution in [3.05, 3.63) is 11.9 Å². The molecule has 0 amide bonds. The molecule has 1 aromatic heterocycles. The van der Waals surface area contributed by atoms with E-state index >= 15 is 0 Å². The van der Waals surface area contributed by atoms with Gasteiger partial charge >= 0.3 is 0 Å². The molecular weight excluding hydrogens is 260 g/mol. The molecule has 1 fully saturated rings. The molecule has 1 saturated heterocycles. The lowest BCUT2D eigenvalue weighted by molar-refractivity contribution is 0.310. The highest BCUT2D eigenvalue weighted by Crippen LogP contribution is 2.30. The average Bonchev–Trinajstić information content (AvgIpc) is 2.52. The van der Waals surface area contributed by atoms with Gasteiger partial charge in [0.1, 0.15) is 18.0 Å². The van der Waals surface area contributed by atoms with E-state index in [1.54, 1.807) is 6.33 Å². The number of hydrogen-bond donors (Lipinski definition) is 1. The molecule has 0 radical (unpaired) electrons.